The third kappa shape index (κ3) is 3.39. The Bertz CT molecular complexity index is 685. The molecule has 0 bridgehead atoms. The van der Waals surface area contributed by atoms with Gasteiger partial charge in [0, 0.05) is 49.2 Å². The Morgan fingerprint density at radius 1 is 1.48 bits per heavy atom. The van der Waals surface area contributed by atoms with Crippen molar-refractivity contribution in [2.45, 2.75) is 45.6 Å². The molecule has 1 aliphatic heterocycles. The second-order valence-electron chi connectivity index (χ2n) is 6.62. The van der Waals surface area contributed by atoms with Gasteiger partial charge in [0.05, 0.1) is 6.20 Å². The summed E-state index contributed by atoms with van der Waals surface area (Å²) >= 11 is 0. The van der Waals surface area contributed by atoms with Gasteiger partial charge in [-0.2, -0.15) is 5.10 Å². The Morgan fingerprint density at radius 3 is 3.00 bits per heavy atom. The molecule has 0 aliphatic carbocycles. The number of piperidine rings is 1. The van der Waals surface area contributed by atoms with Crippen LogP contribution in [0.1, 0.15) is 59.9 Å². The summed E-state index contributed by atoms with van der Waals surface area (Å²) in [5.41, 5.74) is 4.66. The third-order valence-electron chi connectivity index (χ3n) is 4.95. The summed E-state index contributed by atoms with van der Waals surface area (Å²) in [5.74, 6) is 0.669. The number of hydrogen-bond donors (Lipinski definition) is 1. The van der Waals surface area contributed by atoms with E-state index >= 15 is 0 Å². The maximum absolute atomic E-state index is 11.5. The van der Waals surface area contributed by atoms with Crippen LogP contribution >= 0.6 is 0 Å². The number of aryl methyl sites for hydroxylation is 2. The zero-order chi connectivity index (χ0) is 16.4. The quantitative estimate of drug-likeness (QED) is 0.863. The lowest BCUT2D eigenvalue weighted by Gasteiger charge is -2.32. The van der Waals surface area contributed by atoms with Gasteiger partial charge in [-0.1, -0.05) is 6.92 Å². The number of likely N-dealkylation sites (tertiary alicyclic amines) is 1. The minimum absolute atomic E-state index is 0.133. The Morgan fingerprint density at radius 2 is 2.30 bits per heavy atom. The van der Waals surface area contributed by atoms with Gasteiger partial charge in [-0.05, 0) is 44.4 Å². The number of aromatic amines is 1. The average molecular weight is 314 g/mol. The summed E-state index contributed by atoms with van der Waals surface area (Å²) in [6, 6.07) is 2.03. The second-order valence-corrected chi connectivity index (χ2v) is 6.62. The van der Waals surface area contributed by atoms with Crippen molar-refractivity contribution in [1.82, 2.24) is 19.7 Å². The maximum atomic E-state index is 11.5. The number of aromatic nitrogens is 3. The molecular weight excluding hydrogens is 288 g/mol. The Hall–Kier alpha value is -1.88. The first-order chi connectivity index (χ1) is 11.1. The number of nitrogens with one attached hydrogen (secondary N) is 1. The molecule has 0 aromatic carbocycles. The molecule has 1 fully saturated rings. The predicted octanol–water partition coefficient (Wildman–Crippen LogP) is 2.89. The van der Waals surface area contributed by atoms with Crippen LogP contribution in [0.5, 0.6) is 0 Å². The lowest BCUT2D eigenvalue weighted by atomic mass is 9.92. The molecule has 23 heavy (non-hydrogen) atoms. The van der Waals surface area contributed by atoms with E-state index in [1.54, 1.807) is 6.92 Å². The SMILES string of the molecule is CCc1cn[nH]c1[C@H]1CCCN(Cc2cc(C(C)=O)cn2C)C1. The van der Waals surface area contributed by atoms with Crippen molar-refractivity contribution in [1.29, 1.82) is 0 Å². The minimum atomic E-state index is 0.133. The Labute approximate surface area is 137 Å². The fourth-order valence-corrected chi connectivity index (χ4v) is 3.58. The molecule has 124 valence electrons. The van der Waals surface area contributed by atoms with Gasteiger partial charge < -0.3 is 4.57 Å². The van der Waals surface area contributed by atoms with Crippen molar-refractivity contribution in [3.05, 3.63) is 41.0 Å². The van der Waals surface area contributed by atoms with E-state index < -0.39 is 0 Å². The van der Waals surface area contributed by atoms with Gasteiger partial charge in [0.15, 0.2) is 5.78 Å². The summed E-state index contributed by atoms with van der Waals surface area (Å²) in [6.07, 6.45) is 7.35. The molecule has 1 saturated heterocycles. The van der Waals surface area contributed by atoms with Crippen molar-refractivity contribution in [2.75, 3.05) is 13.1 Å². The lowest BCUT2D eigenvalue weighted by molar-refractivity contribution is 0.101. The minimum Gasteiger partial charge on any atom is -0.353 e. The van der Waals surface area contributed by atoms with Gasteiger partial charge >= 0.3 is 0 Å². The van der Waals surface area contributed by atoms with E-state index in [1.165, 1.54) is 29.8 Å². The van der Waals surface area contributed by atoms with Gasteiger partial charge in [-0.15, -0.1) is 0 Å². The topological polar surface area (TPSA) is 53.9 Å². The number of hydrogen-bond acceptors (Lipinski definition) is 3. The molecule has 5 nitrogen and oxygen atoms in total. The molecule has 0 saturated carbocycles. The monoisotopic (exact) mass is 314 g/mol. The third-order valence-corrected chi connectivity index (χ3v) is 4.95. The fraction of sp³-hybridized carbons (Fsp3) is 0.556. The molecule has 3 rings (SSSR count). The molecule has 1 atom stereocenters. The van der Waals surface area contributed by atoms with Crippen molar-refractivity contribution in [3.8, 4) is 0 Å². The van der Waals surface area contributed by atoms with Crippen molar-refractivity contribution < 1.29 is 4.79 Å². The number of Topliss-reactive ketones (excluding diaryl/α,β-unsaturated/α-hetero) is 1. The highest BCUT2D eigenvalue weighted by molar-refractivity contribution is 5.94. The van der Waals surface area contributed by atoms with E-state index in [2.05, 4.69) is 26.6 Å². The average Bonchev–Trinajstić information content (AvgIpc) is 3.15. The lowest BCUT2D eigenvalue weighted by Crippen LogP contribution is -2.34. The zero-order valence-electron chi connectivity index (χ0n) is 14.3. The van der Waals surface area contributed by atoms with Crippen molar-refractivity contribution >= 4 is 5.78 Å². The highest BCUT2D eigenvalue weighted by atomic mass is 16.1. The van der Waals surface area contributed by atoms with Gasteiger partial charge in [0.1, 0.15) is 0 Å². The van der Waals surface area contributed by atoms with E-state index in [0.717, 1.165) is 31.6 Å². The summed E-state index contributed by atoms with van der Waals surface area (Å²) in [7, 11) is 2.02. The van der Waals surface area contributed by atoms with E-state index in [1.807, 2.05) is 25.5 Å². The van der Waals surface area contributed by atoms with Gasteiger partial charge in [0.2, 0.25) is 0 Å². The van der Waals surface area contributed by atoms with Crippen LogP contribution in [0.25, 0.3) is 0 Å². The first-order valence-electron chi connectivity index (χ1n) is 8.49. The van der Waals surface area contributed by atoms with Crippen LogP contribution in [0.3, 0.4) is 0 Å². The van der Waals surface area contributed by atoms with Crippen LogP contribution in [0.15, 0.2) is 18.5 Å². The molecule has 0 spiro atoms. The van der Waals surface area contributed by atoms with Gasteiger partial charge in [0.25, 0.3) is 0 Å². The first-order valence-corrected chi connectivity index (χ1v) is 8.49. The molecule has 1 N–H and O–H groups in total. The number of rotatable bonds is 5. The molecule has 0 unspecified atom stereocenters. The van der Waals surface area contributed by atoms with E-state index in [-0.39, 0.29) is 5.78 Å². The van der Waals surface area contributed by atoms with Crippen molar-refractivity contribution in [2.24, 2.45) is 7.05 Å². The first kappa shape index (κ1) is 16.0. The van der Waals surface area contributed by atoms with Crippen LogP contribution in [0.2, 0.25) is 0 Å². The number of ketones is 1. The molecule has 5 heteroatoms. The largest absolute Gasteiger partial charge is 0.353 e. The van der Waals surface area contributed by atoms with E-state index in [0.29, 0.717) is 5.92 Å². The zero-order valence-corrected chi connectivity index (χ0v) is 14.3. The summed E-state index contributed by atoms with van der Waals surface area (Å²) in [6.45, 7) is 6.88. The van der Waals surface area contributed by atoms with E-state index in [9.17, 15) is 4.79 Å². The smallest absolute Gasteiger partial charge is 0.161 e. The Kier molecular flexibility index (Phi) is 4.66. The summed E-state index contributed by atoms with van der Waals surface area (Å²) in [5, 5.41) is 7.44. The molecule has 1 aliphatic rings. The molecule has 0 amide bonds. The number of H-pyrrole nitrogens is 1. The Balaban J connectivity index is 1.71. The van der Waals surface area contributed by atoms with Crippen LogP contribution in [0.4, 0.5) is 0 Å². The number of carbonyl (C=O) groups is 1. The van der Waals surface area contributed by atoms with E-state index in [4.69, 9.17) is 0 Å². The fourth-order valence-electron chi connectivity index (χ4n) is 3.58. The highest BCUT2D eigenvalue weighted by Gasteiger charge is 2.25. The molecule has 2 aromatic heterocycles. The summed E-state index contributed by atoms with van der Waals surface area (Å²) < 4.78 is 2.08. The highest BCUT2D eigenvalue weighted by Crippen LogP contribution is 2.29. The number of nitrogens with zero attached hydrogens (tertiary/aromatic N) is 3. The normalized spacial score (nSPS) is 19.2. The van der Waals surface area contributed by atoms with Crippen LogP contribution in [-0.4, -0.2) is 38.5 Å². The molecule has 0 radical (unpaired) electrons. The van der Waals surface area contributed by atoms with Gasteiger partial charge in [-0.25, -0.2) is 0 Å². The molecule has 3 heterocycles. The van der Waals surface area contributed by atoms with Gasteiger partial charge in [-0.3, -0.25) is 14.8 Å². The summed E-state index contributed by atoms with van der Waals surface area (Å²) in [4.78, 5) is 14.0. The standard InChI is InChI=1S/C18H26N4O/c1-4-14-9-19-20-18(14)15-6-5-7-22(11-15)12-17-8-16(13(2)23)10-21(17)3/h8-10,15H,4-7,11-12H2,1-3H3,(H,19,20)/t15-/m0/s1. The predicted molar refractivity (Wildman–Crippen MR) is 90.6 cm³/mol. The van der Waals surface area contributed by atoms with Crippen molar-refractivity contribution in [3.63, 3.8) is 0 Å². The molecular formula is C18H26N4O. The molecule has 2 aromatic rings. The van der Waals surface area contributed by atoms with Crippen LogP contribution in [0, 0.1) is 0 Å². The second kappa shape index (κ2) is 6.71. The number of carbonyl (C=O) groups excluding carboxylic acids is 1. The van der Waals surface area contributed by atoms with Crippen LogP contribution in [-0.2, 0) is 20.0 Å². The van der Waals surface area contributed by atoms with Crippen LogP contribution < -0.4 is 0 Å². The maximum Gasteiger partial charge on any atom is 0.161 e.